The molecular weight excluding hydrogens is 220 g/mol. The Morgan fingerprint density at radius 2 is 1.83 bits per heavy atom. The van der Waals surface area contributed by atoms with Crippen LogP contribution in [0.3, 0.4) is 0 Å². The molecule has 102 valence electrons. The van der Waals surface area contributed by atoms with Gasteiger partial charge in [0.05, 0.1) is 0 Å². The van der Waals surface area contributed by atoms with E-state index >= 15 is 0 Å². The average Bonchev–Trinajstić information content (AvgIpc) is 2.26. The Morgan fingerprint density at radius 3 is 2.33 bits per heavy atom. The molecule has 6 atom stereocenters. The SMILES string of the molecule is CC(=O)CC1(C(C)C)C(C)CC2CC3CC1C23C. The van der Waals surface area contributed by atoms with Crippen molar-refractivity contribution in [2.45, 2.75) is 60.3 Å². The van der Waals surface area contributed by atoms with Gasteiger partial charge in [0.25, 0.3) is 0 Å². The third kappa shape index (κ3) is 1.22. The van der Waals surface area contributed by atoms with Gasteiger partial charge in [-0.05, 0) is 66.6 Å². The molecule has 6 unspecified atom stereocenters. The van der Waals surface area contributed by atoms with Gasteiger partial charge in [0.15, 0.2) is 0 Å². The van der Waals surface area contributed by atoms with Crippen LogP contribution in [-0.2, 0) is 4.79 Å². The average molecular weight is 248 g/mol. The van der Waals surface area contributed by atoms with Crippen LogP contribution in [0.4, 0.5) is 0 Å². The fourth-order valence-corrected chi connectivity index (χ4v) is 6.36. The highest BCUT2D eigenvalue weighted by Gasteiger charge is 2.72. The largest absolute Gasteiger partial charge is 0.300 e. The smallest absolute Gasteiger partial charge is 0.130 e. The number of hydrogen-bond acceptors (Lipinski definition) is 1. The minimum Gasteiger partial charge on any atom is -0.300 e. The maximum Gasteiger partial charge on any atom is 0.130 e. The third-order valence-corrected chi connectivity index (χ3v) is 7.43. The number of ketones is 1. The molecule has 3 rings (SSSR count). The first-order valence-corrected chi connectivity index (χ1v) is 7.82. The van der Waals surface area contributed by atoms with Gasteiger partial charge in [-0.1, -0.05) is 27.7 Å². The van der Waals surface area contributed by atoms with Gasteiger partial charge in [0, 0.05) is 6.42 Å². The molecule has 0 aromatic carbocycles. The van der Waals surface area contributed by atoms with Crippen molar-refractivity contribution in [3.63, 3.8) is 0 Å². The Hall–Kier alpha value is -0.330. The third-order valence-electron chi connectivity index (χ3n) is 7.43. The number of hydrogen-bond donors (Lipinski definition) is 0. The fraction of sp³-hybridized carbons (Fsp3) is 0.941. The van der Waals surface area contributed by atoms with E-state index in [-0.39, 0.29) is 0 Å². The molecule has 0 N–H and O–H groups in total. The van der Waals surface area contributed by atoms with Crippen LogP contribution in [0.25, 0.3) is 0 Å². The summed E-state index contributed by atoms with van der Waals surface area (Å²) in [7, 11) is 0. The fourth-order valence-electron chi connectivity index (χ4n) is 6.36. The maximum atomic E-state index is 11.8. The first-order valence-electron chi connectivity index (χ1n) is 7.82. The Morgan fingerprint density at radius 1 is 1.22 bits per heavy atom. The van der Waals surface area contributed by atoms with Crippen LogP contribution < -0.4 is 0 Å². The summed E-state index contributed by atoms with van der Waals surface area (Å²) < 4.78 is 0. The lowest BCUT2D eigenvalue weighted by Gasteiger charge is -2.77. The topological polar surface area (TPSA) is 17.1 Å². The first kappa shape index (κ1) is 12.7. The summed E-state index contributed by atoms with van der Waals surface area (Å²) in [5.41, 5.74) is 0.903. The van der Waals surface area contributed by atoms with Gasteiger partial charge in [-0.2, -0.15) is 0 Å². The molecule has 3 fully saturated rings. The van der Waals surface area contributed by atoms with Gasteiger partial charge < -0.3 is 4.79 Å². The molecule has 1 nitrogen and oxygen atoms in total. The Labute approximate surface area is 112 Å². The Kier molecular flexibility index (Phi) is 2.55. The van der Waals surface area contributed by atoms with Crippen molar-refractivity contribution in [3.8, 4) is 0 Å². The van der Waals surface area contributed by atoms with E-state index in [1.165, 1.54) is 19.3 Å². The van der Waals surface area contributed by atoms with Crippen molar-refractivity contribution in [1.82, 2.24) is 0 Å². The van der Waals surface area contributed by atoms with Crippen molar-refractivity contribution in [3.05, 3.63) is 0 Å². The van der Waals surface area contributed by atoms with Crippen LogP contribution >= 0.6 is 0 Å². The van der Waals surface area contributed by atoms with E-state index in [1.54, 1.807) is 6.92 Å². The lowest BCUT2D eigenvalue weighted by Crippen LogP contribution is -2.71. The zero-order valence-electron chi connectivity index (χ0n) is 12.6. The van der Waals surface area contributed by atoms with Crippen molar-refractivity contribution in [2.24, 2.45) is 40.4 Å². The van der Waals surface area contributed by atoms with Crippen LogP contribution in [0.2, 0.25) is 0 Å². The molecule has 0 aromatic heterocycles. The molecule has 3 aliphatic carbocycles. The van der Waals surface area contributed by atoms with E-state index in [9.17, 15) is 4.79 Å². The van der Waals surface area contributed by atoms with E-state index in [2.05, 4.69) is 27.7 Å². The molecule has 0 aliphatic heterocycles. The number of carbonyl (C=O) groups is 1. The van der Waals surface area contributed by atoms with E-state index in [1.807, 2.05) is 0 Å². The second kappa shape index (κ2) is 3.61. The minimum atomic E-state index is 0.300. The van der Waals surface area contributed by atoms with Gasteiger partial charge >= 0.3 is 0 Å². The molecule has 0 amide bonds. The predicted octanol–water partition coefficient (Wildman–Crippen LogP) is 4.31. The van der Waals surface area contributed by atoms with E-state index < -0.39 is 0 Å². The molecule has 0 radical (unpaired) electrons. The lowest BCUT2D eigenvalue weighted by atomic mass is 9.27. The van der Waals surface area contributed by atoms with Crippen LogP contribution in [-0.4, -0.2) is 5.78 Å². The van der Waals surface area contributed by atoms with Crippen LogP contribution in [0.1, 0.15) is 60.3 Å². The van der Waals surface area contributed by atoms with E-state index in [0.717, 1.165) is 30.1 Å². The molecule has 3 saturated carbocycles. The molecular formula is C17H28O. The lowest BCUT2D eigenvalue weighted by molar-refractivity contribution is -0.288. The van der Waals surface area contributed by atoms with Crippen molar-refractivity contribution < 1.29 is 4.79 Å². The Balaban J connectivity index is 1.99. The summed E-state index contributed by atoms with van der Waals surface area (Å²) in [5.74, 6) is 4.55. The number of Topliss-reactive ketones (excluding diaryl/α,β-unsaturated/α-hetero) is 1. The molecule has 18 heavy (non-hydrogen) atoms. The van der Waals surface area contributed by atoms with E-state index in [0.29, 0.717) is 22.5 Å². The molecule has 0 saturated heterocycles. The summed E-state index contributed by atoms with van der Waals surface area (Å²) in [4.78, 5) is 11.8. The highest BCUT2D eigenvalue weighted by molar-refractivity contribution is 5.76. The molecule has 1 heteroatoms. The highest BCUT2D eigenvalue weighted by Crippen LogP contribution is 2.78. The predicted molar refractivity (Wildman–Crippen MR) is 74.2 cm³/mol. The normalized spacial score (nSPS) is 53.4. The van der Waals surface area contributed by atoms with Gasteiger partial charge in [0.2, 0.25) is 0 Å². The van der Waals surface area contributed by atoms with Gasteiger partial charge in [-0.3, -0.25) is 0 Å². The van der Waals surface area contributed by atoms with Crippen LogP contribution in [0.15, 0.2) is 0 Å². The monoisotopic (exact) mass is 248 g/mol. The number of carbonyl (C=O) groups excluding carboxylic acids is 1. The summed E-state index contributed by atoms with van der Waals surface area (Å²) in [6, 6.07) is 0. The Bertz CT molecular complexity index is 385. The van der Waals surface area contributed by atoms with Crippen molar-refractivity contribution in [2.75, 3.05) is 0 Å². The first-order chi connectivity index (χ1) is 8.33. The summed E-state index contributed by atoms with van der Waals surface area (Å²) in [6.07, 6.45) is 5.08. The standard InChI is InChI=1S/C17H28O/c1-10(2)17(9-12(4)18)11(3)6-13-7-14-8-15(17)16(13,14)5/h10-11,13-15H,6-9H2,1-5H3. The second-order valence-corrected chi connectivity index (χ2v) is 8.07. The quantitative estimate of drug-likeness (QED) is 0.727. The molecule has 0 spiro atoms. The summed E-state index contributed by atoms with van der Waals surface area (Å²) in [5, 5.41) is 0. The molecule has 3 aliphatic rings. The van der Waals surface area contributed by atoms with Crippen LogP contribution in [0, 0.1) is 40.4 Å². The van der Waals surface area contributed by atoms with Crippen molar-refractivity contribution in [1.29, 1.82) is 0 Å². The van der Waals surface area contributed by atoms with Gasteiger partial charge in [-0.15, -0.1) is 0 Å². The molecule has 0 bridgehead atoms. The van der Waals surface area contributed by atoms with Gasteiger partial charge in [-0.25, -0.2) is 0 Å². The number of rotatable bonds is 3. The van der Waals surface area contributed by atoms with Crippen LogP contribution in [0.5, 0.6) is 0 Å². The van der Waals surface area contributed by atoms with E-state index in [4.69, 9.17) is 0 Å². The minimum absolute atomic E-state index is 0.300. The maximum absolute atomic E-state index is 11.8. The zero-order chi connectivity index (χ0) is 13.3. The van der Waals surface area contributed by atoms with Crippen molar-refractivity contribution >= 4 is 5.78 Å². The molecule has 0 aromatic rings. The zero-order valence-corrected chi connectivity index (χ0v) is 12.6. The molecule has 0 heterocycles. The van der Waals surface area contributed by atoms with Gasteiger partial charge in [0.1, 0.15) is 5.78 Å². The summed E-state index contributed by atoms with van der Waals surface area (Å²) in [6.45, 7) is 11.5. The second-order valence-electron chi connectivity index (χ2n) is 8.07. The highest BCUT2D eigenvalue weighted by atomic mass is 16.1. The summed E-state index contributed by atoms with van der Waals surface area (Å²) >= 11 is 0.